The van der Waals surface area contributed by atoms with Crippen molar-refractivity contribution in [1.82, 2.24) is 4.90 Å². The first-order valence-electron chi connectivity index (χ1n) is 8.05. The lowest BCUT2D eigenvalue weighted by Crippen LogP contribution is -2.41. The van der Waals surface area contributed by atoms with E-state index in [4.69, 9.17) is 9.84 Å². The molecule has 122 valence electrons. The van der Waals surface area contributed by atoms with Gasteiger partial charge in [0.2, 0.25) is 0 Å². The van der Waals surface area contributed by atoms with Gasteiger partial charge in [0, 0.05) is 37.5 Å². The number of amides is 1. The lowest BCUT2D eigenvalue weighted by Gasteiger charge is -2.27. The molecule has 1 aliphatic heterocycles. The van der Waals surface area contributed by atoms with Gasteiger partial charge >= 0.3 is 0 Å². The van der Waals surface area contributed by atoms with Crippen LogP contribution in [0.1, 0.15) is 35.2 Å². The summed E-state index contributed by atoms with van der Waals surface area (Å²) in [5.74, 6) is 0.0877. The average Bonchev–Trinajstić information content (AvgIpc) is 2.56. The topological polar surface area (TPSA) is 61.8 Å². The van der Waals surface area contributed by atoms with Crippen molar-refractivity contribution in [3.63, 3.8) is 0 Å². The first kappa shape index (κ1) is 16.8. The summed E-state index contributed by atoms with van der Waals surface area (Å²) in [5, 5.41) is 12.2. The molecular weight excluding hydrogens is 280 g/mol. The van der Waals surface area contributed by atoms with Crippen LogP contribution in [0.25, 0.3) is 0 Å². The number of carbonyl (C=O) groups excluding carboxylic acids is 1. The van der Waals surface area contributed by atoms with Gasteiger partial charge in [-0.1, -0.05) is 6.07 Å². The Labute approximate surface area is 132 Å². The van der Waals surface area contributed by atoms with E-state index in [0.29, 0.717) is 26.3 Å². The Morgan fingerprint density at radius 1 is 1.27 bits per heavy atom. The van der Waals surface area contributed by atoms with Crippen molar-refractivity contribution in [3.8, 4) is 0 Å². The lowest BCUT2D eigenvalue weighted by atomic mass is 10.0. The molecule has 1 aromatic carbocycles. The van der Waals surface area contributed by atoms with Gasteiger partial charge in [-0.05, 0) is 43.9 Å². The highest BCUT2D eigenvalue weighted by Crippen LogP contribution is 2.21. The smallest absolute Gasteiger partial charge is 0.254 e. The maximum atomic E-state index is 12.6. The molecule has 0 aliphatic carbocycles. The molecule has 1 aliphatic rings. The third kappa shape index (κ3) is 4.45. The normalized spacial score (nSPS) is 14.9. The molecule has 0 saturated carbocycles. The van der Waals surface area contributed by atoms with E-state index in [0.717, 1.165) is 42.6 Å². The van der Waals surface area contributed by atoms with Gasteiger partial charge in [-0.15, -0.1) is 0 Å². The number of hydrogen-bond donors (Lipinski definition) is 2. The lowest BCUT2D eigenvalue weighted by molar-refractivity contribution is 0.0302. The van der Waals surface area contributed by atoms with Gasteiger partial charge in [0.05, 0.1) is 13.2 Å². The van der Waals surface area contributed by atoms with Gasteiger partial charge in [0.1, 0.15) is 0 Å². The van der Waals surface area contributed by atoms with Crippen molar-refractivity contribution < 1.29 is 14.6 Å². The van der Waals surface area contributed by atoms with Crippen molar-refractivity contribution in [1.29, 1.82) is 0 Å². The number of aliphatic hydroxyl groups is 1. The summed E-state index contributed by atoms with van der Waals surface area (Å²) in [7, 11) is 0. The van der Waals surface area contributed by atoms with E-state index in [1.54, 1.807) is 0 Å². The zero-order chi connectivity index (χ0) is 15.8. The second-order valence-electron chi connectivity index (χ2n) is 5.59. The third-order valence-corrected chi connectivity index (χ3v) is 4.01. The fraction of sp³-hybridized carbons (Fsp3) is 0.588. The molecule has 0 aromatic heterocycles. The summed E-state index contributed by atoms with van der Waals surface area (Å²) >= 11 is 0. The predicted molar refractivity (Wildman–Crippen MR) is 87.3 cm³/mol. The van der Waals surface area contributed by atoms with Crippen molar-refractivity contribution in [2.45, 2.75) is 26.2 Å². The summed E-state index contributed by atoms with van der Waals surface area (Å²) in [6, 6.07) is 5.83. The second-order valence-corrected chi connectivity index (χ2v) is 5.59. The number of unbranched alkanes of at least 4 members (excludes halogenated alkanes) is 2. The zero-order valence-electron chi connectivity index (χ0n) is 13.3. The fourth-order valence-corrected chi connectivity index (χ4v) is 2.63. The van der Waals surface area contributed by atoms with E-state index in [1.165, 1.54) is 0 Å². The Hall–Kier alpha value is -1.59. The summed E-state index contributed by atoms with van der Waals surface area (Å²) in [6.45, 7) is 5.66. The van der Waals surface area contributed by atoms with Crippen molar-refractivity contribution in [2.75, 3.05) is 44.8 Å². The molecule has 22 heavy (non-hydrogen) atoms. The highest BCUT2D eigenvalue weighted by atomic mass is 16.5. The van der Waals surface area contributed by atoms with Crippen LogP contribution in [0.5, 0.6) is 0 Å². The predicted octanol–water partition coefficient (Wildman–Crippen LogP) is 2.04. The number of carbonyl (C=O) groups is 1. The monoisotopic (exact) mass is 306 g/mol. The number of anilines is 1. The molecular formula is C17H26N2O3. The van der Waals surface area contributed by atoms with E-state index < -0.39 is 0 Å². The summed E-state index contributed by atoms with van der Waals surface area (Å²) < 4.78 is 5.30. The summed E-state index contributed by atoms with van der Waals surface area (Å²) in [6.07, 6.45) is 2.87. The van der Waals surface area contributed by atoms with Crippen LogP contribution in [-0.4, -0.2) is 55.4 Å². The van der Waals surface area contributed by atoms with Crippen LogP contribution in [0.2, 0.25) is 0 Å². The Morgan fingerprint density at radius 2 is 2.05 bits per heavy atom. The minimum absolute atomic E-state index is 0.0877. The number of aliphatic hydroxyl groups excluding tert-OH is 1. The van der Waals surface area contributed by atoms with E-state index in [9.17, 15) is 4.79 Å². The molecule has 1 aromatic rings. The van der Waals surface area contributed by atoms with Crippen molar-refractivity contribution in [3.05, 3.63) is 29.3 Å². The first-order chi connectivity index (χ1) is 10.7. The minimum Gasteiger partial charge on any atom is -0.396 e. The van der Waals surface area contributed by atoms with Crippen LogP contribution in [0.15, 0.2) is 18.2 Å². The quantitative estimate of drug-likeness (QED) is 0.757. The van der Waals surface area contributed by atoms with E-state index >= 15 is 0 Å². The summed E-state index contributed by atoms with van der Waals surface area (Å²) in [4.78, 5) is 14.5. The third-order valence-electron chi connectivity index (χ3n) is 4.01. The number of hydrogen-bond acceptors (Lipinski definition) is 4. The van der Waals surface area contributed by atoms with Gasteiger partial charge in [-0.25, -0.2) is 0 Å². The molecule has 5 heteroatoms. The van der Waals surface area contributed by atoms with Gasteiger partial charge in [0.25, 0.3) is 5.91 Å². The van der Waals surface area contributed by atoms with Crippen molar-refractivity contribution >= 4 is 11.6 Å². The zero-order valence-corrected chi connectivity index (χ0v) is 13.3. The maximum Gasteiger partial charge on any atom is 0.254 e. The standard InChI is InChI=1S/C17H26N2O3/c1-14-15(17(21)19-9-12-22-13-10-19)6-5-7-16(14)18-8-3-2-4-11-20/h5-7,18,20H,2-4,8-13H2,1H3. The second kappa shape index (κ2) is 8.76. The number of nitrogens with zero attached hydrogens (tertiary/aromatic N) is 1. The molecule has 0 atom stereocenters. The van der Waals surface area contributed by atoms with Gasteiger partial charge in [0.15, 0.2) is 0 Å². The van der Waals surface area contributed by atoms with Gasteiger partial charge in [-0.2, -0.15) is 0 Å². The van der Waals surface area contributed by atoms with Crippen LogP contribution >= 0.6 is 0 Å². The van der Waals surface area contributed by atoms with Crippen LogP contribution in [0, 0.1) is 6.92 Å². The minimum atomic E-state index is 0.0877. The van der Waals surface area contributed by atoms with E-state index in [1.807, 2.05) is 30.0 Å². The molecule has 0 bridgehead atoms. The molecule has 1 heterocycles. The molecule has 5 nitrogen and oxygen atoms in total. The number of morpholine rings is 1. The molecule has 1 fully saturated rings. The molecule has 0 spiro atoms. The van der Waals surface area contributed by atoms with Crippen LogP contribution < -0.4 is 5.32 Å². The Morgan fingerprint density at radius 3 is 2.77 bits per heavy atom. The van der Waals surface area contributed by atoms with Crippen LogP contribution in [0.4, 0.5) is 5.69 Å². The number of rotatable bonds is 7. The average molecular weight is 306 g/mol. The largest absolute Gasteiger partial charge is 0.396 e. The number of nitrogens with one attached hydrogen (secondary N) is 1. The number of benzene rings is 1. The van der Waals surface area contributed by atoms with Crippen LogP contribution in [0.3, 0.4) is 0 Å². The maximum absolute atomic E-state index is 12.6. The SMILES string of the molecule is Cc1c(NCCCCCO)cccc1C(=O)N1CCOCC1. The fourth-order valence-electron chi connectivity index (χ4n) is 2.63. The molecule has 0 unspecified atom stereocenters. The highest BCUT2D eigenvalue weighted by molar-refractivity contribution is 5.97. The van der Waals surface area contributed by atoms with Gasteiger partial charge in [-0.3, -0.25) is 4.79 Å². The number of ether oxygens (including phenoxy) is 1. The van der Waals surface area contributed by atoms with Gasteiger partial charge < -0.3 is 20.1 Å². The molecule has 1 saturated heterocycles. The highest BCUT2D eigenvalue weighted by Gasteiger charge is 2.20. The van der Waals surface area contributed by atoms with Crippen LogP contribution in [-0.2, 0) is 4.74 Å². The Bertz CT molecular complexity index is 485. The summed E-state index contributed by atoms with van der Waals surface area (Å²) in [5.41, 5.74) is 2.78. The van der Waals surface area contributed by atoms with Crippen molar-refractivity contribution in [2.24, 2.45) is 0 Å². The molecule has 0 radical (unpaired) electrons. The Balaban J connectivity index is 1.97. The first-order valence-corrected chi connectivity index (χ1v) is 8.05. The van der Waals surface area contributed by atoms with E-state index in [-0.39, 0.29) is 12.5 Å². The Kier molecular flexibility index (Phi) is 6.68. The molecule has 1 amide bonds. The molecule has 2 rings (SSSR count). The van der Waals surface area contributed by atoms with E-state index in [2.05, 4.69) is 5.32 Å². The molecule has 2 N–H and O–H groups in total.